The van der Waals surface area contributed by atoms with Gasteiger partial charge >= 0.3 is 0 Å². The van der Waals surface area contributed by atoms with Gasteiger partial charge in [0.25, 0.3) is 0 Å². The number of anilines is 2. The molecule has 1 saturated heterocycles. The van der Waals surface area contributed by atoms with Gasteiger partial charge in [-0.1, -0.05) is 60.7 Å². The Kier molecular flexibility index (Phi) is 8.61. The van der Waals surface area contributed by atoms with Crippen LogP contribution in [-0.4, -0.2) is 66.0 Å². The van der Waals surface area contributed by atoms with Crippen LogP contribution in [-0.2, 0) is 18.0 Å². The Morgan fingerprint density at radius 2 is 1.59 bits per heavy atom. The molecule has 2 unspecified atom stereocenters. The number of nitrogens with two attached hydrogens (primary N) is 1. The fourth-order valence-corrected chi connectivity index (χ4v) is 4.76. The summed E-state index contributed by atoms with van der Waals surface area (Å²) in [6, 6.07) is 25.2. The van der Waals surface area contributed by atoms with Crippen molar-refractivity contribution in [3.05, 3.63) is 102 Å². The maximum Gasteiger partial charge on any atom is 0.247 e. The highest BCUT2D eigenvalue weighted by Crippen LogP contribution is 2.33. The van der Waals surface area contributed by atoms with E-state index in [0.717, 1.165) is 16.7 Å². The number of hydrogen-bond acceptors (Lipinski definition) is 12. The van der Waals surface area contributed by atoms with Crippen LogP contribution in [0.4, 0.5) is 11.8 Å². The molecule has 44 heavy (non-hydrogen) atoms. The average molecular weight is 598 g/mol. The first-order valence-electron chi connectivity index (χ1n) is 13.9. The number of rotatable bonds is 11. The van der Waals surface area contributed by atoms with Crippen molar-refractivity contribution in [2.24, 2.45) is 5.10 Å². The number of aliphatic hydroxyl groups excluding tert-OH is 3. The van der Waals surface area contributed by atoms with Crippen LogP contribution in [0.3, 0.4) is 0 Å². The lowest BCUT2D eigenvalue weighted by Crippen LogP contribution is -2.33. The lowest BCUT2D eigenvalue weighted by molar-refractivity contribution is -0.0511. The molecular formula is C31H31N7O6. The van der Waals surface area contributed by atoms with Crippen molar-refractivity contribution in [2.75, 3.05) is 17.8 Å². The molecule has 4 atom stereocenters. The van der Waals surface area contributed by atoms with E-state index in [-0.39, 0.29) is 22.9 Å². The highest BCUT2D eigenvalue weighted by atomic mass is 16.6. The van der Waals surface area contributed by atoms with Crippen LogP contribution < -0.4 is 20.6 Å². The molecule has 2 aromatic heterocycles. The van der Waals surface area contributed by atoms with Gasteiger partial charge in [-0.25, -0.2) is 10.4 Å². The summed E-state index contributed by atoms with van der Waals surface area (Å²) in [5.74, 6) is 1.30. The van der Waals surface area contributed by atoms with E-state index in [0.29, 0.717) is 24.7 Å². The Balaban J connectivity index is 1.20. The van der Waals surface area contributed by atoms with Crippen LogP contribution in [0.2, 0.25) is 0 Å². The molecule has 1 aliphatic rings. The molecule has 0 spiro atoms. The minimum Gasteiger partial charge on any atom is -0.485 e. The Bertz CT molecular complexity index is 1730. The molecule has 1 aliphatic heterocycles. The van der Waals surface area contributed by atoms with Crippen molar-refractivity contribution in [2.45, 2.75) is 37.8 Å². The van der Waals surface area contributed by atoms with E-state index >= 15 is 0 Å². The van der Waals surface area contributed by atoms with Gasteiger partial charge in [0.1, 0.15) is 37.0 Å². The van der Waals surface area contributed by atoms with E-state index < -0.39 is 31.1 Å². The number of nitrogen functional groups attached to an aromatic ring is 1. The largest absolute Gasteiger partial charge is 0.485 e. The summed E-state index contributed by atoms with van der Waals surface area (Å²) in [5.41, 5.74) is 12.2. The van der Waals surface area contributed by atoms with E-state index in [1.807, 2.05) is 78.9 Å². The van der Waals surface area contributed by atoms with Crippen LogP contribution in [0, 0.1) is 0 Å². The minimum absolute atomic E-state index is 0.0723. The number of nitrogens with zero attached hydrogens (tertiary/aromatic N) is 5. The number of nitrogens with one attached hydrogen (secondary N) is 1. The lowest BCUT2D eigenvalue weighted by Gasteiger charge is -2.16. The van der Waals surface area contributed by atoms with Crippen LogP contribution >= 0.6 is 0 Å². The first-order valence-corrected chi connectivity index (χ1v) is 13.9. The van der Waals surface area contributed by atoms with E-state index in [4.69, 9.17) is 19.9 Å². The monoisotopic (exact) mass is 597 g/mol. The van der Waals surface area contributed by atoms with Gasteiger partial charge in [-0.3, -0.25) is 4.57 Å². The molecule has 5 aromatic rings. The van der Waals surface area contributed by atoms with Crippen LogP contribution in [0.15, 0.2) is 90.3 Å². The summed E-state index contributed by atoms with van der Waals surface area (Å²) < 4.78 is 19.3. The standard InChI is InChI=1S/C31H31N7O6/c32-28-25-29(38(18-33-25)30-27(41)26(40)24(15-39)44-30)36-31(35-28)37-34-14-21-11-12-22(42-16-19-7-3-1-4-8-19)23(13-21)43-17-20-9-5-2-6-10-20/h1-14,18,24,26-27,30,39-41H,15-17H2,(H3,32,35,36,37)/b34-14+/t24-,26?,27?,30-/m1/s1. The molecule has 13 heteroatoms. The molecule has 0 bridgehead atoms. The van der Waals surface area contributed by atoms with Crippen LogP contribution in [0.1, 0.15) is 22.9 Å². The molecule has 0 amide bonds. The van der Waals surface area contributed by atoms with Crippen molar-refractivity contribution in [1.29, 1.82) is 0 Å². The summed E-state index contributed by atoms with van der Waals surface area (Å²) in [4.78, 5) is 12.9. The maximum absolute atomic E-state index is 10.5. The second kappa shape index (κ2) is 13.1. The second-order valence-electron chi connectivity index (χ2n) is 10.1. The Labute approximate surface area is 252 Å². The zero-order chi connectivity index (χ0) is 30.5. The summed E-state index contributed by atoms with van der Waals surface area (Å²) >= 11 is 0. The Morgan fingerprint density at radius 1 is 0.909 bits per heavy atom. The molecule has 3 aromatic carbocycles. The number of hydrogen-bond donors (Lipinski definition) is 5. The van der Waals surface area contributed by atoms with Gasteiger partial charge in [0.05, 0.1) is 19.1 Å². The zero-order valence-electron chi connectivity index (χ0n) is 23.5. The average Bonchev–Trinajstić information content (AvgIpc) is 3.60. The minimum atomic E-state index is -1.31. The van der Waals surface area contributed by atoms with Gasteiger partial charge in [0, 0.05) is 0 Å². The SMILES string of the molecule is Nc1nc(N/N=C/c2ccc(OCc3ccccc3)c(OCc3ccccc3)c2)nc2c1ncn2[C@@H]1O[C@H](CO)C(O)C1O. The Hall–Kier alpha value is -5.08. The fourth-order valence-electron chi connectivity index (χ4n) is 4.76. The van der Waals surface area contributed by atoms with Crippen LogP contribution in [0.5, 0.6) is 11.5 Å². The smallest absolute Gasteiger partial charge is 0.247 e. The van der Waals surface area contributed by atoms with Crippen molar-refractivity contribution < 1.29 is 29.5 Å². The zero-order valence-corrected chi connectivity index (χ0v) is 23.5. The predicted octanol–water partition coefficient (Wildman–Crippen LogP) is 2.62. The first kappa shape index (κ1) is 29.0. The third kappa shape index (κ3) is 6.31. The molecule has 0 radical (unpaired) electrons. The third-order valence-electron chi connectivity index (χ3n) is 7.06. The maximum atomic E-state index is 10.5. The van der Waals surface area contributed by atoms with Crippen molar-refractivity contribution >= 4 is 29.1 Å². The summed E-state index contributed by atoms with van der Waals surface area (Å²) in [5, 5.41) is 34.3. The van der Waals surface area contributed by atoms with E-state index in [1.54, 1.807) is 6.21 Å². The van der Waals surface area contributed by atoms with E-state index in [9.17, 15) is 15.3 Å². The van der Waals surface area contributed by atoms with Gasteiger partial charge in [-0.05, 0) is 34.9 Å². The summed E-state index contributed by atoms with van der Waals surface area (Å²) in [6.07, 6.45) is -1.63. The Morgan fingerprint density at radius 3 is 2.25 bits per heavy atom. The number of ether oxygens (including phenoxy) is 3. The van der Waals surface area contributed by atoms with Crippen molar-refractivity contribution in [3.63, 3.8) is 0 Å². The van der Waals surface area contributed by atoms with E-state index in [2.05, 4.69) is 25.5 Å². The molecule has 1 fully saturated rings. The number of aromatic nitrogens is 4. The van der Waals surface area contributed by atoms with Gasteiger partial charge in [0.2, 0.25) is 5.95 Å². The van der Waals surface area contributed by atoms with E-state index in [1.165, 1.54) is 10.9 Å². The molecule has 0 saturated carbocycles. The predicted molar refractivity (Wildman–Crippen MR) is 162 cm³/mol. The summed E-state index contributed by atoms with van der Waals surface area (Å²) in [6.45, 7) is 0.286. The molecule has 0 aliphatic carbocycles. The quantitative estimate of drug-likeness (QED) is 0.111. The summed E-state index contributed by atoms with van der Waals surface area (Å²) in [7, 11) is 0. The number of imidazole rings is 1. The number of fused-ring (bicyclic) bond motifs is 1. The topological polar surface area (TPSA) is 182 Å². The number of benzene rings is 3. The van der Waals surface area contributed by atoms with Gasteiger partial charge in [-0.2, -0.15) is 15.1 Å². The molecular weight excluding hydrogens is 566 g/mol. The fraction of sp³-hybridized carbons (Fsp3) is 0.226. The highest BCUT2D eigenvalue weighted by Gasteiger charge is 2.44. The lowest BCUT2D eigenvalue weighted by atomic mass is 10.1. The van der Waals surface area contributed by atoms with Crippen molar-refractivity contribution in [3.8, 4) is 11.5 Å². The van der Waals surface area contributed by atoms with Gasteiger partial charge < -0.3 is 35.3 Å². The molecule has 3 heterocycles. The van der Waals surface area contributed by atoms with Gasteiger partial charge in [-0.15, -0.1) is 0 Å². The number of hydrazone groups is 1. The third-order valence-corrected chi connectivity index (χ3v) is 7.06. The first-order chi connectivity index (χ1) is 21.5. The molecule has 6 rings (SSSR count). The molecule has 226 valence electrons. The number of aliphatic hydroxyl groups is 3. The van der Waals surface area contributed by atoms with Crippen LogP contribution in [0.25, 0.3) is 11.2 Å². The highest BCUT2D eigenvalue weighted by molar-refractivity contribution is 5.84. The normalized spacial score (nSPS) is 19.9. The van der Waals surface area contributed by atoms with Crippen molar-refractivity contribution in [1.82, 2.24) is 19.5 Å². The van der Waals surface area contributed by atoms with Gasteiger partial charge in [0.15, 0.2) is 29.2 Å². The second-order valence-corrected chi connectivity index (χ2v) is 10.1. The molecule has 13 nitrogen and oxygen atoms in total. The molecule has 6 N–H and O–H groups in total.